The highest BCUT2D eigenvalue weighted by Crippen LogP contribution is 2.23. The zero-order chi connectivity index (χ0) is 12.5. The lowest BCUT2D eigenvalue weighted by Gasteiger charge is -2.05. The molecule has 0 aliphatic carbocycles. The van der Waals surface area contributed by atoms with Crippen LogP contribution in [0, 0.1) is 6.92 Å². The van der Waals surface area contributed by atoms with E-state index in [1.54, 1.807) is 18.2 Å². The Labute approximate surface area is 100 Å². The molecular weight excluding hydrogens is 236 g/mol. The molecule has 88 valence electrons. The van der Waals surface area contributed by atoms with Gasteiger partial charge >= 0.3 is 0 Å². The van der Waals surface area contributed by atoms with Crippen LogP contribution < -0.4 is 0 Å². The molecule has 0 amide bonds. The number of rotatable bonds is 2. The maximum atomic E-state index is 12.2. The Morgan fingerprint density at radius 1 is 0.941 bits per heavy atom. The maximum Gasteiger partial charge on any atom is 0.206 e. The van der Waals surface area contributed by atoms with Crippen molar-refractivity contribution in [2.24, 2.45) is 0 Å². The third-order valence-corrected chi connectivity index (χ3v) is 4.21. The predicted octanol–water partition coefficient (Wildman–Crippen LogP) is 2.53. The summed E-state index contributed by atoms with van der Waals surface area (Å²) < 4.78 is 24.4. The molecule has 2 rings (SSSR count). The SMILES string of the molecule is Cc1cccc(S(=O)(=O)c2ccc(O)cc2)c1. The van der Waals surface area contributed by atoms with Crippen LogP contribution in [0.1, 0.15) is 5.56 Å². The van der Waals surface area contributed by atoms with E-state index in [2.05, 4.69) is 0 Å². The summed E-state index contributed by atoms with van der Waals surface area (Å²) in [6, 6.07) is 12.3. The van der Waals surface area contributed by atoms with Crippen LogP contribution in [0.2, 0.25) is 0 Å². The van der Waals surface area contributed by atoms with E-state index in [-0.39, 0.29) is 15.5 Å². The minimum atomic E-state index is -3.49. The monoisotopic (exact) mass is 248 g/mol. The van der Waals surface area contributed by atoms with Crippen LogP contribution in [-0.4, -0.2) is 13.5 Å². The van der Waals surface area contributed by atoms with Crippen LogP contribution >= 0.6 is 0 Å². The second-order valence-corrected chi connectivity index (χ2v) is 5.76. The second-order valence-electron chi connectivity index (χ2n) is 3.81. The molecule has 3 nitrogen and oxygen atoms in total. The van der Waals surface area contributed by atoms with Crippen molar-refractivity contribution in [3.8, 4) is 5.75 Å². The van der Waals surface area contributed by atoms with Crippen molar-refractivity contribution in [3.05, 3.63) is 54.1 Å². The van der Waals surface area contributed by atoms with E-state index in [1.165, 1.54) is 24.3 Å². The zero-order valence-electron chi connectivity index (χ0n) is 9.29. The second kappa shape index (κ2) is 4.22. The normalized spacial score (nSPS) is 11.4. The molecule has 0 aliphatic heterocycles. The summed E-state index contributed by atoms with van der Waals surface area (Å²) in [5.74, 6) is 0.0493. The van der Waals surface area contributed by atoms with Crippen LogP contribution in [0.25, 0.3) is 0 Å². The number of hydrogen-bond acceptors (Lipinski definition) is 3. The Bertz CT molecular complexity index is 628. The number of aryl methyl sites for hydroxylation is 1. The first kappa shape index (κ1) is 11.7. The summed E-state index contributed by atoms with van der Waals surface area (Å²) in [5.41, 5.74) is 0.893. The molecule has 0 radical (unpaired) electrons. The Morgan fingerprint density at radius 3 is 2.18 bits per heavy atom. The summed E-state index contributed by atoms with van der Waals surface area (Å²) >= 11 is 0. The number of phenolic OH excluding ortho intramolecular Hbond substituents is 1. The molecule has 0 saturated carbocycles. The standard InChI is InChI=1S/C13H12O3S/c1-10-3-2-4-13(9-10)17(15,16)12-7-5-11(14)6-8-12/h2-9,14H,1H3. The Hall–Kier alpha value is -1.81. The third-order valence-electron chi connectivity index (χ3n) is 2.45. The maximum absolute atomic E-state index is 12.2. The van der Waals surface area contributed by atoms with Gasteiger partial charge in [-0.25, -0.2) is 8.42 Å². The van der Waals surface area contributed by atoms with Crippen LogP contribution in [0.3, 0.4) is 0 Å². The summed E-state index contributed by atoms with van der Waals surface area (Å²) in [7, 11) is -3.49. The number of benzene rings is 2. The van der Waals surface area contributed by atoms with Gasteiger partial charge in [-0.3, -0.25) is 0 Å². The smallest absolute Gasteiger partial charge is 0.206 e. The van der Waals surface area contributed by atoms with E-state index in [4.69, 9.17) is 5.11 Å². The van der Waals surface area contributed by atoms with E-state index < -0.39 is 9.84 Å². The molecular formula is C13H12O3S. The van der Waals surface area contributed by atoms with Gasteiger partial charge in [0, 0.05) is 0 Å². The molecule has 0 unspecified atom stereocenters. The Morgan fingerprint density at radius 2 is 1.59 bits per heavy atom. The number of aromatic hydroxyl groups is 1. The number of phenols is 1. The van der Waals surface area contributed by atoms with E-state index in [1.807, 2.05) is 13.0 Å². The van der Waals surface area contributed by atoms with Crippen molar-refractivity contribution in [2.75, 3.05) is 0 Å². The minimum absolute atomic E-state index is 0.0493. The van der Waals surface area contributed by atoms with Crippen molar-refractivity contribution in [2.45, 2.75) is 16.7 Å². The van der Waals surface area contributed by atoms with Crippen LogP contribution in [0.5, 0.6) is 5.75 Å². The fraction of sp³-hybridized carbons (Fsp3) is 0.0769. The van der Waals surface area contributed by atoms with Crippen LogP contribution in [0.15, 0.2) is 58.3 Å². The average Bonchev–Trinajstić information content (AvgIpc) is 2.29. The molecule has 2 aromatic carbocycles. The van der Waals surface area contributed by atoms with E-state index in [9.17, 15) is 8.42 Å². The molecule has 0 aliphatic rings. The lowest BCUT2D eigenvalue weighted by atomic mass is 10.2. The number of hydrogen-bond donors (Lipinski definition) is 1. The van der Waals surface area contributed by atoms with Crippen LogP contribution in [-0.2, 0) is 9.84 Å². The topological polar surface area (TPSA) is 54.4 Å². The first-order valence-electron chi connectivity index (χ1n) is 5.11. The van der Waals surface area contributed by atoms with Gasteiger partial charge in [0.05, 0.1) is 9.79 Å². The minimum Gasteiger partial charge on any atom is -0.508 e. The zero-order valence-corrected chi connectivity index (χ0v) is 10.1. The van der Waals surface area contributed by atoms with Crippen molar-refractivity contribution in [3.63, 3.8) is 0 Å². The lowest BCUT2D eigenvalue weighted by Crippen LogP contribution is -2.01. The summed E-state index contributed by atoms with van der Waals surface area (Å²) in [6.07, 6.45) is 0. The molecule has 17 heavy (non-hydrogen) atoms. The summed E-state index contributed by atoms with van der Waals surface area (Å²) in [5, 5.41) is 9.14. The molecule has 0 fully saturated rings. The molecule has 2 aromatic rings. The Balaban J connectivity index is 2.54. The van der Waals surface area contributed by atoms with E-state index in [0.29, 0.717) is 0 Å². The highest BCUT2D eigenvalue weighted by molar-refractivity contribution is 7.91. The van der Waals surface area contributed by atoms with Crippen molar-refractivity contribution in [1.82, 2.24) is 0 Å². The van der Waals surface area contributed by atoms with Gasteiger partial charge in [-0.05, 0) is 48.9 Å². The molecule has 0 atom stereocenters. The quantitative estimate of drug-likeness (QED) is 0.888. The fourth-order valence-electron chi connectivity index (χ4n) is 1.54. The Kier molecular flexibility index (Phi) is 2.90. The van der Waals surface area contributed by atoms with Gasteiger partial charge in [0.2, 0.25) is 9.84 Å². The summed E-state index contributed by atoms with van der Waals surface area (Å²) in [6.45, 7) is 1.84. The van der Waals surface area contributed by atoms with Crippen molar-refractivity contribution in [1.29, 1.82) is 0 Å². The lowest BCUT2D eigenvalue weighted by molar-refractivity contribution is 0.475. The van der Waals surface area contributed by atoms with Gasteiger partial charge in [0.1, 0.15) is 5.75 Å². The van der Waals surface area contributed by atoms with Crippen molar-refractivity contribution >= 4 is 9.84 Å². The fourth-order valence-corrected chi connectivity index (χ4v) is 2.91. The summed E-state index contributed by atoms with van der Waals surface area (Å²) in [4.78, 5) is 0.448. The van der Waals surface area contributed by atoms with Gasteiger partial charge in [0.25, 0.3) is 0 Å². The molecule has 0 heterocycles. The van der Waals surface area contributed by atoms with E-state index >= 15 is 0 Å². The van der Waals surface area contributed by atoms with Gasteiger partial charge in [-0.1, -0.05) is 12.1 Å². The first-order chi connectivity index (χ1) is 8.00. The van der Waals surface area contributed by atoms with E-state index in [0.717, 1.165) is 5.56 Å². The first-order valence-corrected chi connectivity index (χ1v) is 6.59. The highest BCUT2D eigenvalue weighted by atomic mass is 32.2. The molecule has 0 saturated heterocycles. The van der Waals surface area contributed by atoms with Gasteiger partial charge in [-0.2, -0.15) is 0 Å². The van der Waals surface area contributed by atoms with Crippen molar-refractivity contribution < 1.29 is 13.5 Å². The largest absolute Gasteiger partial charge is 0.508 e. The molecule has 0 spiro atoms. The third kappa shape index (κ3) is 2.31. The predicted molar refractivity (Wildman–Crippen MR) is 64.7 cm³/mol. The molecule has 4 heteroatoms. The molecule has 0 aromatic heterocycles. The van der Waals surface area contributed by atoms with Crippen LogP contribution in [0.4, 0.5) is 0 Å². The van der Waals surface area contributed by atoms with Gasteiger partial charge < -0.3 is 5.11 Å². The molecule has 0 bridgehead atoms. The van der Waals surface area contributed by atoms with Gasteiger partial charge in [0.15, 0.2) is 0 Å². The average molecular weight is 248 g/mol. The highest BCUT2D eigenvalue weighted by Gasteiger charge is 2.17. The van der Waals surface area contributed by atoms with Gasteiger partial charge in [-0.15, -0.1) is 0 Å². The number of sulfone groups is 1. The molecule has 1 N–H and O–H groups in total.